The van der Waals surface area contributed by atoms with E-state index in [0.717, 1.165) is 0 Å². The Morgan fingerprint density at radius 2 is 1.78 bits per heavy atom. The van der Waals surface area contributed by atoms with E-state index in [1.54, 1.807) is 45.0 Å². The van der Waals surface area contributed by atoms with Crippen molar-refractivity contribution in [1.82, 2.24) is 5.32 Å². The molecule has 1 saturated heterocycles. The molecule has 0 radical (unpaired) electrons. The summed E-state index contributed by atoms with van der Waals surface area (Å²) in [6.45, 7) is 5.76. The lowest BCUT2D eigenvalue weighted by atomic mass is 9.78. The molecule has 1 atom stereocenters. The Hall–Kier alpha value is -2.37. The molecule has 1 heterocycles. The van der Waals surface area contributed by atoms with E-state index in [9.17, 15) is 14.4 Å². The Labute approximate surface area is 135 Å². The zero-order valence-corrected chi connectivity index (χ0v) is 13.8. The van der Waals surface area contributed by atoms with Crippen molar-refractivity contribution in [2.24, 2.45) is 0 Å². The average Bonchev–Trinajstić information content (AvgIpc) is 2.87. The van der Waals surface area contributed by atoms with Crippen molar-refractivity contribution in [2.45, 2.75) is 38.2 Å². The van der Waals surface area contributed by atoms with Gasteiger partial charge in [0.1, 0.15) is 5.60 Å². The van der Waals surface area contributed by atoms with E-state index in [1.165, 1.54) is 7.11 Å². The smallest absolute Gasteiger partial charge is 0.338 e. The van der Waals surface area contributed by atoms with Crippen LogP contribution in [0.5, 0.6) is 0 Å². The van der Waals surface area contributed by atoms with Crippen molar-refractivity contribution in [3.63, 3.8) is 0 Å². The number of carbonyl (C=O) groups excluding carboxylic acids is 3. The Morgan fingerprint density at radius 3 is 2.22 bits per heavy atom. The molecule has 1 fully saturated rings. The topological polar surface area (TPSA) is 81.7 Å². The van der Waals surface area contributed by atoms with E-state index in [1.807, 2.05) is 0 Å². The Balaban J connectivity index is 2.32. The van der Waals surface area contributed by atoms with Gasteiger partial charge in [-0.15, -0.1) is 0 Å². The van der Waals surface area contributed by atoms with Gasteiger partial charge in [0.25, 0.3) is 0 Å². The average molecular weight is 319 g/mol. The van der Waals surface area contributed by atoms with Gasteiger partial charge >= 0.3 is 11.9 Å². The molecule has 0 aromatic heterocycles. The number of methoxy groups -OCH3 is 1. The molecule has 1 aliphatic rings. The highest BCUT2D eigenvalue weighted by atomic mass is 16.6. The third kappa shape index (κ3) is 3.21. The van der Waals surface area contributed by atoms with E-state index in [-0.39, 0.29) is 5.91 Å². The summed E-state index contributed by atoms with van der Waals surface area (Å²) in [7, 11) is 1.25. The van der Waals surface area contributed by atoms with Gasteiger partial charge in [-0.05, 0) is 44.9 Å². The molecule has 124 valence electrons. The fraction of sp³-hybridized carbons (Fsp3) is 0.471. The van der Waals surface area contributed by atoms with Crippen LogP contribution in [0.1, 0.15) is 43.1 Å². The van der Waals surface area contributed by atoms with Gasteiger partial charge in [0.2, 0.25) is 5.91 Å². The van der Waals surface area contributed by atoms with Crippen molar-refractivity contribution in [3.05, 3.63) is 35.4 Å². The first kappa shape index (κ1) is 17.0. The third-order valence-electron chi connectivity index (χ3n) is 3.72. The normalized spacial score (nSPS) is 20.8. The van der Waals surface area contributed by atoms with Crippen molar-refractivity contribution in [1.29, 1.82) is 0 Å². The van der Waals surface area contributed by atoms with Crippen LogP contribution in [-0.4, -0.2) is 37.1 Å². The summed E-state index contributed by atoms with van der Waals surface area (Å²) in [6.07, 6.45) is 0.324. The highest BCUT2D eigenvalue weighted by Crippen LogP contribution is 2.33. The molecule has 1 aliphatic heterocycles. The molecule has 1 aromatic carbocycles. The predicted octanol–water partition coefficient (Wildman–Crippen LogP) is 1.57. The molecule has 1 unspecified atom stereocenters. The number of rotatable bonds is 3. The van der Waals surface area contributed by atoms with Crippen LogP contribution in [0.25, 0.3) is 0 Å². The van der Waals surface area contributed by atoms with Crippen LogP contribution in [0.2, 0.25) is 0 Å². The van der Waals surface area contributed by atoms with Crippen LogP contribution in [0, 0.1) is 0 Å². The molecule has 0 bridgehead atoms. The van der Waals surface area contributed by atoms with Crippen molar-refractivity contribution < 1.29 is 23.9 Å². The van der Waals surface area contributed by atoms with E-state index in [2.05, 4.69) is 5.32 Å². The molecule has 2 rings (SSSR count). The SMILES string of the molecule is COC(=O)C1(c2ccc(C(=O)OC(C)(C)C)cc2)CCNC1=O. The van der Waals surface area contributed by atoms with Crippen LogP contribution < -0.4 is 5.32 Å². The lowest BCUT2D eigenvalue weighted by Crippen LogP contribution is -2.43. The number of hydrogen-bond acceptors (Lipinski definition) is 5. The van der Waals surface area contributed by atoms with E-state index >= 15 is 0 Å². The fourth-order valence-electron chi connectivity index (χ4n) is 2.62. The number of hydrogen-bond donors (Lipinski definition) is 1. The number of esters is 2. The van der Waals surface area contributed by atoms with Gasteiger partial charge in [-0.25, -0.2) is 4.79 Å². The van der Waals surface area contributed by atoms with E-state index in [0.29, 0.717) is 24.1 Å². The van der Waals surface area contributed by atoms with Crippen molar-refractivity contribution >= 4 is 17.8 Å². The molecule has 6 heteroatoms. The summed E-state index contributed by atoms with van der Waals surface area (Å²) >= 11 is 0. The zero-order chi connectivity index (χ0) is 17.3. The number of nitrogens with one attached hydrogen (secondary N) is 1. The quantitative estimate of drug-likeness (QED) is 0.675. The molecular formula is C17H21NO5. The maximum absolute atomic E-state index is 12.2. The van der Waals surface area contributed by atoms with Gasteiger partial charge in [0.15, 0.2) is 5.41 Å². The van der Waals surface area contributed by atoms with Gasteiger partial charge in [-0.2, -0.15) is 0 Å². The molecule has 0 saturated carbocycles. The van der Waals surface area contributed by atoms with Crippen LogP contribution >= 0.6 is 0 Å². The second-order valence-electron chi connectivity index (χ2n) is 6.48. The minimum absolute atomic E-state index is 0.324. The highest BCUT2D eigenvalue weighted by molar-refractivity contribution is 6.10. The third-order valence-corrected chi connectivity index (χ3v) is 3.72. The second-order valence-corrected chi connectivity index (χ2v) is 6.48. The number of carbonyl (C=O) groups is 3. The highest BCUT2D eigenvalue weighted by Gasteiger charge is 2.51. The first-order chi connectivity index (χ1) is 10.7. The van der Waals surface area contributed by atoms with E-state index < -0.39 is 23.0 Å². The monoisotopic (exact) mass is 319 g/mol. The summed E-state index contributed by atoms with van der Waals surface area (Å²) < 4.78 is 10.1. The Bertz CT molecular complexity index is 629. The fourth-order valence-corrected chi connectivity index (χ4v) is 2.62. The minimum Gasteiger partial charge on any atom is -0.468 e. The Morgan fingerprint density at radius 1 is 1.17 bits per heavy atom. The zero-order valence-electron chi connectivity index (χ0n) is 13.8. The predicted molar refractivity (Wildman–Crippen MR) is 82.9 cm³/mol. The lowest BCUT2D eigenvalue weighted by Gasteiger charge is -2.24. The molecule has 6 nitrogen and oxygen atoms in total. The summed E-state index contributed by atoms with van der Waals surface area (Å²) in [4.78, 5) is 36.4. The standard InChI is InChI=1S/C17H21NO5/c1-16(2,3)23-13(19)11-5-7-12(8-6-11)17(15(21)22-4)9-10-18-14(17)20/h5-8H,9-10H2,1-4H3,(H,18,20). The number of benzene rings is 1. The molecule has 1 N–H and O–H groups in total. The molecule has 0 spiro atoms. The summed E-state index contributed by atoms with van der Waals surface area (Å²) in [5.41, 5.74) is -1.07. The van der Waals surface area contributed by atoms with Crippen LogP contribution in [0.4, 0.5) is 0 Å². The van der Waals surface area contributed by atoms with Crippen LogP contribution in [-0.2, 0) is 24.5 Å². The second kappa shape index (κ2) is 6.02. The van der Waals surface area contributed by atoms with Crippen molar-refractivity contribution in [2.75, 3.05) is 13.7 Å². The Kier molecular flexibility index (Phi) is 4.45. The minimum atomic E-state index is -1.35. The summed E-state index contributed by atoms with van der Waals surface area (Å²) in [6, 6.07) is 6.31. The summed E-state index contributed by atoms with van der Waals surface area (Å²) in [5.74, 6) is -1.43. The largest absolute Gasteiger partial charge is 0.468 e. The molecule has 1 amide bonds. The maximum atomic E-state index is 12.2. The van der Waals surface area contributed by atoms with Gasteiger partial charge in [-0.1, -0.05) is 12.1 Å². The maximum Gasteiger partial charge on any atom is 0.338 e. The molecule has 0 aliphatic carbocycles. The molecule has 23 heavy (non-hydrogen) atoms. The number of amides is 1. The molecular weight excluding hydrogens is 298 g/mol. The van der Waals surface area contributed by atoms with Crippen LogP contribution in [0.15, 0.2) is 24.3 Å². The van der Waals surface area contributed by atoms with Crippen LogP contribution in [0.3, 0.4) is 0 Å². The van der Waals surface area contributed by atoms with Crippen molar-refractivity contribution in [3.8, 4) is 0 Å². The number of ether oxygens (including phenoxy) is 2. The summed E-state index contributed by atoms with van der Waals surface area (Å²) in [5, 5.41) is 2.66. The first-order valence-electron chi connectivity index (χ1n) is 7.41. The van der Waals surface area contributed by atoms with Gasteiger partial charge in [-0.3, -0.25) is 9.59 Å². The molecule has 1 aromatic rings. The lowest BCUT2D eigenvalue weighted by molar-refractivity contribution is -0.151. The van der Waals surface area contributed by atoms with Gasteiger partial charge < -0.3 is 14.8 Å². The first-order valence-corrected chi connectivity index (χ1v) is 7.41. The van der Waals surface area contributed by atoms with E-state index in [4.69, 9.17) is 9.47 Å². The van der Waals surface area contributed by atoms with Gasteiger partial charge in [0, 0.05) is 6.54 Å². The van der Waals surface area contributed by atoms with Gasteiger partial charge in [0.05, 0.1) is 12.7 Å².